The van der Waals surface area contributed by atoms with Gasteiger partial charge in [0, 0.05) is 61.0 Å². The lowest BCUT2D eigenvalue weighted by atomic mass is 10.0. The number of hydrogen-bond acceptors (Lipinski definition) is 13. The number of benzene rings is 2. The van der Waals surface area contributed by atoms with E-state index in [1.54, 1.807) is 63.6 Å². The van der Waals surface area contributed by atoms with E-state index in [0.29, 0.717) is 47.4 Å². The van der Waals surface area contributed by atoms with Gasteiger partial charge in [0.1, 0.15) is 30.1 Å². The number of hydrogen-bond donors (Lipinski definition) is 3. The topological polar surface area (TPSA) is 209 Å². The number of aryl methyl sites for hydroxylation is 1. The standard InChI is InChI=1S/C52H53ClN12O5S/c1-30(2)48(52(69)64-26-41(66)20-45(64)51(68)60-32(4)34-6-8-35(9-7-34)49-33(5)57-29-71-49)65-25-40(23-58-65)36-14-16-55-47(19-36)70-42-27-62(28-42)46-13-12-39(22-56-46)50(67)59-31(3)24-63-17-15-44(61-63)37-10-11-38(21-54)43(53)18-37/h6-19,22-23,25,29-32,41-42,45,48,66H,20,24,26-28H2,1-5H3,(H,59,67)(H,60,68)/t31?,32-,41+,45?,48-/m0/s1. The van der Waals surface area contributed by atoms with Gasteiger partial charge < -0.3 is 30.3 Å². The Kier molecular flexibility index (Phi) is 14.3. The number of aliphatic hydroxyl groups excluding tert-OH is 1. The van der Waals surface area contributed by atoms with E-state index in [1.165, 1.54) is 4.90 Å². The lowest BCUT2D eigenvalue weighted by molar-refractivity contribution is -0.142. The Hall–Kier alpha value is -7.46. The number of anilines is 1. The monoisotopic (exact) mass is 992 g/mol. The number of nitrogens with zero attached hydrogens (tertiary/aromatic N) is 10. The van der Waals surface area contributed by atoms with E-state index in [1.807, 2.05) is 101 Å². The Labute approximate surface area is 420 Å². The van der Waals surface area contributed by atoms with E-state index in [0.717, 1.165) is 44.2 Å². The molecule has 2 aliphatic heterocycles. The Balaban J connectivity index is 0.763. The third-order valence-electron chi connectivity index (χ3n) is 12.8. The molecule has 19 heteroatoms. The van der Waals surface area contributed by atoms with Gasteiger partial charge >= 0.3 is 0 Å². The summed E-state index contributed by atoms with van der Waals surface area (Å²) in [6, 6.07) is 22.3. The molecule has 0 spiro atoms. The van der Waals surface area contributed by atoms with Crippen LogP contribution >= 0.6 is 22.9 Å². The van der Waals surface area contributed by atoms with Crippen molar-refractivity contribution >= 4 is 46.5 Å². The fraction of sp³-hybridized carbons (Fsp3) is 0.327. The average molecular weight is 994 g/mol. The van der Waals surface area contributed by atoms with Gasteiger partial charge in [-0.15, -0.1) is 11.3 Å². The molecule has 17 nitrogen and oxygen atoms in total. The first-order valence-electron chi connectivity index (χ1n) is 23.4. The van der Waals surface area contributed by atoms with Crippen LogP contribution < -0.4 is 20.3 Å². The Morgan fingerprint density at radius 1 is 0.915 bits per heavy atom. The first-order chi connectivity index (χ1) is 34.2. The highest BCUT2D eigenvalue weighted by Crippen LogP contribution is 2.32. The third-order valence-corrected chi connectivity index (χ3v) is 14.1. The van der Waals surface area contributed by atoms with Gasteiger partial charge in [0.15, 0.2) is 0 Å². The van der Waals surface area contributed by atoms with E-state index in [-0.39, 0.29) is 54.8 Å². The van der Waals surface area contributed by atoms with Crippen molar-refractivity contribution in [3.05, 3.63) is 137 Å². The highest BCUT2D eigenvalue weighted by atomic mass is 35.5. The number of nitriles is 1. The van der Waals surface area contributed by atoms with Crippen molar-refractivity contribution < 1.29 is 24.2 Å². The van der Waals surface area contributed by atoms with E-state index in [9.17, 15) is 19.5 Å². The molecule has 2 aliphatic rings. The molecule has 3 N–H and O–H groups in total. The van der Waals surface area contributed by atoms with Crippen LogP contribution in [0.15, 0.2) is 109 Å². The van der Waals surface area contributed by atoms with Crippen molar-refractivity contribution in [3.8, 4) is 44.8 Å². The SMILES string of the molecule is Cc1ncsc1-c1ccc([C@H](C)NC(=O)C2C[C@@H](O)CN2C(=O)[C@H](C(C)C)n2cc(-c3ccnc(OC4CN(c5ccc(C(=O)NC(C)Cn6ccc(-c7ccc(C#N)c(Cl)c7)n6)cn5)C4)c3)cn2)cc1. The summed E-state index contributed by atoms with van der Waals surface area (Å²) in [6.45, 7) is 11.3. The normalized spacial score (nSPS) is 17.1. The summed E-state index contributed by atoms with van der Waals surface area (Å²) in [7, 11) is 0. The maximum atomic E-state index is 14.4. The largest absolute Gasteiger partial charge is 0.471 e. The highest BCUT2D eigenvalue weighted by molar-refractivity contribution is 7.13. The van der Waals surface area contributed by atoms with Crippen LogP contribution in [0.4, 0.5) is 5.82 Å². The van der Waals surface area contributed by atoms with E-state index < -0.39 is 18.2 Å². The highest BCUT2D eigenvalue weighted by Gasteiger charge is 2.43. The van der Waals surface area contributed by atoms with Gasteiger partial charge in [-0.1, -0.05) is 55.8 Å². The van der Waals surface area contributed by atoms with Gasteiger partial charge in [-0.25, -0.2) is 15.0 Å². The molecule has 0 bridgehead atoms. The van der Waals surface area contributed by atoms with Crippen LogP contribution in [0.3, 0.4) is 0 Å². The number of ether oxygens (including phenoxy) is 1. The summed E-state index contributed by atoms with van der Waals surface area (Å²) >= 11 is 7.79. The summed E-state index contributed by atoms with van der Waals surface area (Å²) in [4.78, 5) is 59.3. The van der Waals surface area contributed by atoms with Crippen LogP contribution in [-0.4, -0.2) is 106 Å². The van der Waals surface area contributed by atoms with Crippen LogP contribution in [0.5, 0.6) is 5.88 Å². The molecule has 364 valence electrons. The molecular weight excluding hydrogens is 940 g/mol. The number of β-amino-alcohol motifs (C(OH)–C–C–N with tert-alkyl or cyclic N) is 1. The summed E-state index contributed by atoms with van der Waals surface area (Å²) < 4.78 is 9.65. The lowest BCUT2D eigenvalue weighted by Gasteiger charge is -2.39. The number of aliphatic hydroxyl groups is 1. The molecule has 71 heavy (non-hydrogen) atoms. The molecule has 9 rings (SSSR count). The first kappa shape index (κ1) is 48.6. The van der Waals surface area contributed by atoms with Gasteiger partial charge in [-0.3, -0.25) is 23.7 Å². The molecule has 2 saturated heterocycles. The van der Waals surface area contributed by atoms with Crippen LogP contribution in [0.2, 0.25) is 5.02 Å². The van der Waals surface area contributed by atoms with Gasteiger partial charge in [-0.05, 0) is 79.8 Å². The Morgan fingerprint density at radius 3 is 2.41 bits per heavy atom. The minimum atomic E-state index is -0.840. The molecule has 0 saturated carbocycles. The van der Waals surface area contributed by atoms with Gasteiger partial charge in [0.2, 0.25) is 17.7 Å². The van der Waals surface area contributed by atoms with E-state index in [4.69, 9.17) is 21.6 Å². The molecule has 7 heterocycles. The fourth-order valence-electron chi connectivity index (χ4n) is 8.96. The first-order valence-corrected chi connectivity index (χ1v) is 24.7. The van der Waals surface area contributed by atoms with Crippen molar-refractivity contribution in [2.75, 3.05) is 24.5 Å². The second-order valence-electron chi connectivity index (χ2n) is 18.4. The molecule has 2 fully saturated rings. The number of pyridine rings is 2. The quantitative estimate of drug-likeness (QED) is 0.0873. The molecule has 3 amide bonds. The number of thiazole rings is 1. The maximum absolute atomic E-state index is 14.4. The Morgan fingerprint density at radius 2 is 1.70 bits per heavy atom. The molecular formula is C52H53ClN12O5S. The lowest BCUT2D eigenvalue weighted by Crippen LogP contribution is -2.54. The number of nitrogens with one attached hydrogen (secondary N) is 2. The maximum Gasteiger partial charge on any atom is 0.253 e. The molecule has 2 unspecified atom stereocenters. The number of likely N-dealkylation sites (tertiary alicyclic amines) is 1. The van der Waals surface area contributed by atoms with Crippen molar-refractivity contribution in [2.24, 2.45) is 5.92 Å². The fourth-order valence-corrected chi connectivity index (χ4v) is 10.00. The van der Waals surface area contributed by atoms with E-state index in [2.05, 4.69) is 46.8 Å². The van der Waals surface area contributed by atoms with Crippen LogP contribution in [-0.2, 0) is 16.1 Å². The van der Waals surface area contributed by atoms with Gasteiger partial charge in [0.05, 0.1) is 75.9 Å². The molecule has 0 aliphatic carbocycles. The third kappa shape index (κ3) is 10.8. The molecule has 0 radical (unpaired) electrons. The van der Waals surface area contributed by atoms with E-state index >= 15 is 0 Å². The van der Waals surface area contributed by atoms with Crippen LogP contribution in [0, 0.1) is 24.2 Å². The molecule has 7 aromatic rings. The predicted octanol–water partition coefficient (Wildman–Crippen LogP) is 7.28. The van der Waals surface area contributed by atoms with Crippen LogP contribution in [0.25, 0.3) is 32.8 Å². The average Bonchev–Trinajstić information content (AvgIpc) is 4.19. The number of aromatic nitrogens is 7. The number of amides is 3. The summed E-state index contributed by atoms with van der Waals surface area (Å²) in [5, 5.41) is 35.6. The summed E-state index contributed by atoms with van der Waals surface area (Å²) in [6.07, 6.45) is 7.73. The zero-order valence-electron chi connectivity index (χ0n) is 39.8. The molecule has 2 aromatic carbocycles. The van der Waals surface area contributed by atoms with Crippen molar-refractivity contribution in [3.63, 3.8) is 0 Å². The second-order valence-corrected chi connectivity index (χ2v) is 19.7. The summed E-state index contributed by atoms with van der Waals surface area (Å²) in [5.74, 6) is 0.123. The Bertz CT molecular complexity index is 3090. The zero-order chi connectivity index (χ0) is 49.9. The second kappa shape index (κ2) is 20.9. The number of carbonyl (C=O) groups excluding carboxylic acids is 3. The van der Waals surface area contributed by atoms with Crippen LogP contribution in [0.1, 0.15) is 73.4 Å². The zero-order valence-corrected chi connectivity index (χ0v) is 41.4. The van der Waals surface area contributed by atoms with Gasteiger partial charge in [-0.2, -0.15) is 15.5 Å². The number of halogens is 1. The minimum absolute atomic E-state index is 0.0455. The minimum Gasteiger partial charge on any atom is -0.471 e. The smallest absolute Gasteiger partial charge is 0.253 e. The van der Waals surface area contributed by atoms with Crippen molar-refractivity contribution in [1.82, 2.24) is 50.0 Å². The van der Waals surface area contributed by atoms with Crippen molar-refractivity contribution in [2.45, 2.75) is 84.0 Å². The summed E-state index contributed by atoms with van der Waals surface area (Å²) in [5.41, 5.74) is 8.68. The number of carbonyl (C=O) groups is 3. The number of rotatable bonds is 16. The molecule has 5 atom stereocenters. The molecule has 5 aromatic heterocycles. The van der Waals surface area contributed by atoms with Crippen molar-refractivity contribution in [1.29, 1.82) is 5.26 Å². The predicted molar refractivity (Wildman–Crippen MR) is 269 cm³/mol. The van der Waals surface area contributed by atoms with Gasteiger partial charge in [0.25, 0.3) is 5.91 Å².